The number of hydrogen-bond donors (Lipinski definition) is 1. The molecule has 37 heavy (non-hydrogen) atoms. The molecule has 2 atom stereocenters. The van der Waals surface area contributed by atoms with E-state index in [1.165, 1.54) is 11.1 Å². The zero-order valence-electron chi connectivity index (χ0n) is 21.5. The van der Waals surface area contributed by atoms with Crippen LogP contribution in [0.3, 0.4) is 0 Å². The maximum atomic E-state index is 11.2. The van der Waals surface area contributed by atoms with Crippen LogP contribution in [0.15, 0.2) is 115 Å². The summed E-state index contributed by atoms with van der Waals surface area (Å²) in [5, 5.41) is 11.2. The van der Waals surface area contributed by atoms with Crippen molar-refractivity contribution in [2.75, 3.05) is 26.2 Å². The molecule has 1 fully saturated rings. The van der Waals surface area contributed by atoms with E-state index in [1.807, 2.05) is 42.5 Å². The summed E-state index contributed by atoms with van der Waals surface area (Å²) in [6.07, 6.45) is -0.547. The van der Waals surface area contributed by atoms with Gasteiger partial charge in [0.05, 0.1) is 12.1 Å². The van der Waals surface area contributed by atoms with Crippen LogP contribution in [0.1, 0.15) is 41.3 Å². The molecule has 190 valence electrons. The van der Waals surface area contributed by atoms with Gasteiger partial charge in [-0.15, -0.1) is 0 Å². The summed E-state index contributed by atoms with van der Waals surface area (Å²) < 4.78 is 5.91. The Morgan fingerprint density at radius 3 is 1.65 bits per heavy atom. The summed E-state index contributed by atoms with van der Waals surface area (Å²) in [5.74, 6) is 0.814. The predicted octanol–water partition coefficient (Wildman–Crippen LogP) is 6.09. The summed E-state index contributed by atoms with van der Waals surface area (Å²) in [6.45, 7) is 6.43. The third-order valence-corrected chi connectivity index (χ3v) is 7.45. The maximum Gasteiger partial charge on any atom is 0.119 e. The smallest absolute Gasteiger partial charge is 0.119 e. The molecule has 0 aromatic heterocycles. The Kier molecular flexibility index (Phi) is 8.32. The van der Waals surface area contributed by atoms with Gasteiger partial charge in [0, 0.05) is 32.2 Å². The van der Waals surface area contributed by atoms with E-state index >= 15 is 0 Å². The van der Waals surface area contributed by atoms with Crippen molar-refractivity contribution in [3.05, 3.63) is 138 Å². The highest BCUT2D eigenvalue weighted by molar-refractivity contribution is 5.32. The molecular weight excluding hydrogens is 456 g/mol. The van der Waals surface area contributed by atoms with Gasteiger partial charge in [-0.25, -0.2) is 0 Å². The Labute approximate surface area is 220 Å². The van der Waals surface area contributed by atoms with Gasteiger partial charge in [0.15, 0.2) is 0 Å². The molecule has 4 nitrogen and oxygen atoms in total. The monoisotopic (exact) mass is 492 g/mol. The Morgan fingerprint density at radius 2 is 1.11 bits per heavy atom. The SMILES string of the molecule is CC(C(O)c1ccc(OCc2ccccc2)cc1)N1CCN(C(c2ccccc2)c2ccccc2)CC1. The molecule has 0 spiro atoms. The second-order valence-electron chi connectivity index (χ2n) is 9.82. The summed E-state index contributed by atoms with van der Waals surface area (Å²) in [7, 11) is 0. The van der Waals surface area contributed by atoms with Gasteiger partial charge in [-0.05, 0) is 41.3 Å². The minimum absolute atomic E-state index is 0.0325. The lowest BCUT2D eigenvalue weighted by molar-refractivity contribution is 0.0195. The normalized spacial score (nSPS) is 16.4. The van der Waals surface area contributed by atoms with Crippen molar-refractivity contribution in [2.24, 2.45) is 0 Å². The van der Waals surface area contributed by atoms with E-state index in [0.717, 1.165) is 43.1 Å². The zero-order valence-corrected chi connectivity index (χ0v) is 21.5. The number of ether oxygens (including phenoxy) is 1. The highest BCUT2D eigenvalue weighted by Crippen LogP contribution is 2.31. The van der Waals surface area contributed by atoms with Crippen LogP contribution in [0.5, 0.6) is 5.75 Å². The lowest BCUT2D eigenvalue weighted by Crippen LogP contribution is -2.51. The van der Waals surface area contributed by atoms with Crippen LogP contribution in [-0.4, -0.2) is 47.1 Å². The largest absolute Gasteiger partial charge is 0.489 e. The van der Waals surface area contributed by atoms with Crippen LogP contribution < -0.4 is 4.74 Å². The van der Waals surface area contributed by atoms with Gasteiger partial charge in [0.25, 0.3) is 0 Å². The first-order valence-corrected chi connectivity index (χ1v) is 13.2. The van der Waals surface area contributed by atoms with Crippen LogP contribution in [0.25, 0.3) is 0 Å². The van der Waals surface area contributed by atoms with Crippen molar-refractivity contribution in [1.29, 1.82) is 0 Å². The zero-order chi connectivity index (χ0) is 25.5. The van der Waals surface area contributed by atoms with Crippen molar-refractivity contribution in [2.45, 2.75) is 31.7 Å². The highest BCUT2D eigenvalue weighted by Gasteiger charge is 2.30. The number of piperazine rings is 1. The van der Waals surface area contributed by atoms with Crippen molar-refractivity contribution >= 4 is 0 Å². The van der Waals surface area contributed by atoms with E-state index in [2.05, 4.69) is 89.5 Å². The molecule has 4 aromatic carbocycles. The Morgan fingerprint density at radius 1 is 0.622 bits per heavy atom. The Hall–Kier alpha value is -3.44. The van der Waals surface area contributed by atoms with Crippen molar-refractivity contribution < 1.29 is 9.84 Å². The third-order valence-electron chi connectivity index (χ3n) is 7.45. The van der Waals surface area contributed by atoms with E-state index in [0.29, 0.717) is 6.61 Å². The molecule has 1 N–H and O–H groups in total. The van der Waals surface area contributed by atoms with E-state index in [-0.39, 0.29) is 12.1 Å². The molecule has 5 rings (SSSR count). The predicted molar refractivity (Wildman–Crippen MR) is 150 cm³/mol. The van der Waals surface area contributed by atoms with Gasteiger partial charge in [-0.3, -0.25) is 9.80 Å². The topological polar surface area (TPSA) is 35.9 Å². The van der Waals surface area contributed by atoms with E-state index in [1.54, 1.807) is 0 Å². The molecular formula is C33H36N2O2. The highest BCUT2D eigenvalue weighted by atomic mass is 16.5. The van der Waals surface area contributed by atoms with Gasteiger partial charge in [0.2, 0.25) is 0 Å². The molecule has 1 aliphatic heterocycles. The van der Waals surface area contributed by atoms with Crippen LogP contribution >= 0.6 is 0 Å². The summed E-state index contributed by atoms with van der Waals surface area (Å²) in [4.78, 5) is 4.98. The van der Waals surface area contributed by atoms with Crippen molar-refractivity contribution in [3.63, 3.8) is 0 Å². The molecule has 4 aromatic rings. The van der Waals surface area contributed by atoms with Gasteiger partial charge in [-0.2, -0.15) is 0 Å². The molecule has 0 aliphatic carbocycles. The molecule has 0 saturated carbocycles. The van der Waals surface area contributed by atoms with Crippen molar-refractivity contribution in [3.8, 4) is 5.75 Å². The minimum atomic E-state index is -0.547. The number of rotatable bonds is 9. The average Bonchev–Trinajstić information content (AvgIpc) is 2.98. The molecule has 1 aliphatic rings. The summed E-state index contributed by atoms with van der Waals surface area (Å²) in [6, 6.07) is 39.9. The van der Waals surface area contributed by atoms with Gasteiger partial charge in [-0.1, -0.05) is 103 Å². The number of hydrogen-bond acceptors (Lipinski definition) is 4. The van der Waals surface area contributed by atoms with Crippen molar-refractivity contribution in [1.82, 2.24) is 9.80 Å². The average molecular weight is 493 g/mol. The molecule has 1 saturated heterocycles. The Balaban J connectivity index is 1.19. The number of benzene rings is 4. The fourth-order valence-corrected chi connectivity index (χ4v) is 5.27. The summed E-state index contributed by atoms with van der Waals surface area (Å²) in [5.41, 5.74) is 4.71. The molecule has 1 heterocycles. The van der Waals surface area contributed by atoms with Crippen LogP contribution in [0, 0.1) is 0 Å². The van der Waals surface area contributed by atoms with E-state index < -0.39 is 6.10 Å². The van der Waals surface area contributed by atoms with Crippen LogP contribution in [-0.2, 0) is 6.61 Å². The first kappa shape index (κ1) is 25.2. The second kappa shape index (κ2) is 12.2. The van der Waals surface area contributed by atoms with Gasteiger partial charge in [0.1, 0.15) is 12.4 Å². The molecule has 4 heteroatoms. The maximum absolute atomic E-state index is 11.2. The number of nitrogens with zero attached hydrogens (tertiary/aromatic N) is 2. The van der Waals surface area contributed by atoms with Crippen LogP contribution in [0.4, 0.5) is 0 Å². The minimum Gasteiger partial charge on any atom is -0.489 e. The number of aliphatic hydroxyl groups excluding tert-OH is 1. The second-order valence-corrected chi connectivity index (χ2v) is 9.82. The third kappa shape index (κ3) is 6.28. The fraction of sp³-hybridized carbons (Fsp3) is 0.273. The molecule has 2 unspecified atom stereocenters. The lowest BCUT2D eigenvalue weighted by Gasteiger charge is -2.43. The fourth-order valence-electron chi connectivity index (χ4n) is 5.27. The van der Waals surface area contributed by atoms with E-state index in [9.17, 15) is 5.11 Å². The molecule has 0 bridgehead atoms. The van der Waals surface area contributed by atoms with Gasteiger partial charge >= 0.3 is 0 Å². The Bertz CT molecular complexity index is 1170. The lowest BCUT2D eigenvalue weighted by atomic mass is 9.96. The number of aliphatic hydroxyl groups is 1. The first-order chi connectivity index (χ1) is 18.2. The summed E-state index contributed by atoms with van der Waals surface area (Å²) >= 11 is 0. The molecule has 0 amide bonds. The van der Waals surface area contributed by atoms with Crippen LogP contribution in [0.2, 0.25) is 0 Å². The first-order valence-electron chi connectivity index (χ1n) is 13.2. The van der Waals surface area contributed by atoms with Gasteiger partial charge < -0.3 is 9.84 Å². The quantitative estimate of drug-likeness (QED) is 0.307. The van der Waals surface area contributed by atoms with E-state index in [4.69, 9.17) is 4.74 Å². The standard InChI is InChI=1S/C33H36N2O2/c1-26(33(36)30-17-19-31(20-18-30)37-25-27-11-5-2-6-12-27)34-21-23-35(24-22-34)32(28-13-7-3-8-14-28)29-15-9-4-10-16-29/h2-20,26,32-33,36H,21-25H2,1H3. The molecule has 0 radical (unpaired) electrons.